The topological polar surface area (TPSA) is 128 Å². The molecular formula is C45H51Cl2F2N5O6S3. The maximum absolute atomic E-state index is 14.6. The molecule has 1 atom stereocenters. The van der Waals surface area contributed by atoms with E-state index in [9.17, 15) is 30.4 Å². The monoisotopic (exact) mass is 961 g/mol. The van der Waals surface area contributed by atoms with E-state index in [1.54, 1.807) is 12.1 Å². The summed E-state index contributed by atoms with van der Waals surface area (Å²) < 4.78 is 85.6. The molecule has 2 heterocycles. The Hall–Kier alpha value is -3.74. The van der Waals surface area contributed by atoms with Crippen LogP contribution in [-0.2, 0) is 24.6 Å². The minimum atomic E-state index is -5.62. The molecule has 0 radical (unpaired) electrons. The zero-order valence-corrected chi connectivity index (χ0v) is 38.6. The van der Waals surface area contributed by atoms with Gasteiger partial charge in [0.15, 0.2) is 0 Å². The van der Waals surface area contributed by atoms with Crippen LogP contribution in [0.4, 0.5) is 20.2 Å². The predicted molar refractivity (Wildman–Crippen MR) is 247 cm³/mol. The second-order valence-corrected chi connectivity index (χ2v) is 21.7. The van der Waals surface area contributed by atoms with Crippen LogP contribution >= 0.6 is 35.0 Å². The summed E-state index contributed by atoms with van der Waals surface area (Å²) in [6.45, 7) is 7.33. The molecule has 11 nitrogen and oxygen atoms in total. The number of sulfone groups is 1. The fraction of sp³-hybridized carbons (Fsp3) is 0.400. The van der Waals surface area contributed by atoms with Crippen molar-refractivity contribution in [2.45, 2.75) is 57.5 Å². The molecule has 4 aromatic rings. The van der Waals surface area contributed by atoms with Gasteiger partial charge in [-0.15, -0.1) is 11.8 Å². The number of sulfonamides is 1. The van der Waals surface area contributed by atoms with E-state index in [0.29, 0.717) is 51.1 Å². The average Bonchev–Trinajstić information content (AvgIpc) is 3.28. The minimum absolute atomic E-state index is 0.0392. The Labute approximate surface area is 383 Å². The van der Waals surface area contributed by atoms with Gasteiger partial charge in [0.05, 0.1) is 28.7 Å². The fourth-order valence-electron chi connectivity index (χ4n) is 8.07. The third-order valence-corrected chi connectivity index (χ3v) is 16.5. The van der Waals surface area contributed by atoms with Crippen molar-refractivity contribution in [3.05, 3.63) is 119 Å². The van der Waals surface area contributed by atoms with Crippen LogP contribution in [0.25, 0.3) is 5.57 Å². The van der Waals surface area contributed by atoms with Gasteiger partial charge in [0, 0.05) is 85.3 Å². The first-order chi connectivity index (χ1) is 30.2. The van der Waals surface area contributed by atoms with Gasteiger partial charge >= 0.3 is 4.71 Å². The van der Waals surface area contributed by atoms with E-state index in [1.165, 1.54) is 53.4 Å². The van der Waals surface area contributed by atoms with Gasteiger partial charge in [-0.05, 0) is 122 Å². The molecule has 2 N–H and O–H groups in total. The molecule has 1 amide bonds. The van der Waals surface area contributed by atoms with Crippen molar-refractivity contribution < 1.29 is 35.1 Å². The molecule has 0 aromatic heterocycles. The number of hydrogen-bond acceptors (Lipinski definition) is 11. The summed E-state index contributed by atoms with van der Waals surface area (Å²) in [4.78, 5) is 19.4. The lowest BCUT2D eigenvalue weighted by Crippen LogP contribution is -2.47. The van der Waals surface area contributed by atoms with Crippen molar-refractivity contribution in [3.63, 3.8) is 0 Å². The Morgan fingerprint density at radius 1 is 0.825 bits per heavy atom. The van der Waals surface area contributed by atoms with Crippen molar-refractivity contribution in [2.24, 2.45) is 0 Å². The number of nitrogens with zero attached hydrogens (tertiary/aromatic N) is 3. The summed E-state index contributed by atoms with van der Waals surface area (Å²) in [7, 11) is -10.4. The van der Waals surface area contributed by atoms with Crippen LogP contribution < -0.4 is 14.9 Å². The van der Waals surface area contributed by atoms with Gasteiger partial charge in [0.2, 0.25) is 0 Å². The van der Waals surface area contributed by atoms with E-state index in [0.717, 1.165) is 73.3 Å². The lowest BCUT2D eigenvalue weighted by atomic mass is 9.87. The number of morpholine rings is 1. The molecule has 2 fully saturated rings. The standard InChI is InChI=1S/C45H51Cl2F2N5O6S3/c46-36-14-10-33(11-15-36)41-9-5-4-6-35(41)31-53-22-24-54(25-23-53)38-16-12-34(13-17-38)44(55)51-63(58,59)40-18-19-42(43(30-40)62(56,57)45(47,48)49)50-37(20-21-52-26-28-60-29-27-52)32-61-39-7-2-1-3-8-39/h1-3,7-8,10-19,30,37,50H,4-6,9,20-29,31-32H2,(H,51,55)/t37-/m1/s1. The summed E-state index contributed by atoms with van der Waals surface area (Å²) in [5.41, 5.74) is 4.79. The SMILES string of the molecule is O=C(NS(=O)(=O)c1ccc(N[C@H](CCN2CCOCC2)CSc2ccccc2)c(S(=O)(=O)C(F)(F)Cl)c1)c1ccc(N2CCN(CC3=C(c4ccc(Cl)cc4)CCCC3)CC2)cc1. The third kappa shape index (κ3) is 12.3. The van der Waals surface area contributed by atoms with E-state index in [1.807, 2.05) is 47.2 Å². The smallest absolute Gasteiger partial charge is 0.380 e. The number of alkyl halides is 3. The lowest BCUT2D eigenvalue weighted by molar-refractivity contribution is 0.0370. The van der Waals surface area contributed by atoms with E-state index < -0.39 is 46.3 Å². The molecular weight excluding hydrogens is 912 g/mol. The normalized spacial score (nSPS) is 17.7. The number of halogens is 4. The highest BCUT2D eigenvalue weighted by Crippen LogP contribution is 2.38. The second-order valence-electron chi connectivity index (χ2n) is 15.9. The highest BCUT2D eigenvalue weighted by Gasteiger charge is 2.46. The van der Waals surface area contributed by atoms with E-state index in [2.05, 4.69) is 32.1 Å². The van der Waals surface area contributed by atoms with Gasteiger partial charge in [-0.3, -0.25) is 14.6 Å². The number of nitrogens with one attached hydrogen (secondary N) is 2. The van der Waals surface area contributed by atoms with Crippen LogP contribution in [0.2, 0.25) is 5.02 Å². The molecule has 2 aliphatic heterocycles. The molecule has 1 aliphatic carbocycles. The highest BCUT2D eigenvalue weighted by atomic mass is 35.5. The van der Waals surface area contributed by atoms with Crippen LogP contribution in [0.1, 0.15) is 48.0 Å². The Kier molecular flexibility index (Phi) is 15.8. The Morgan fingerprint density at radius 2 is 1.51 bits per heavy atom. The number of hydrogen-bond donors (Lipinski definition) is 2. The molecule has 338 valence electrons. The number of rotatable bonds is 17. The summed E-state index contributed by atoms with van der Waals surface area (Å²) in [5.74, 6) is -0.541. The van der Waals surface area contributed by atoms with Gasteiger partial charge in [-0.25, -0.2) is 21.6 Å². The van der Waals surface area contributed by atoms with Crippen molar-refractivity contribution in [1.29, 1.82) is 0 Å². The average molecular weight is 963 g/mol. The van der Waals surface area contributed by atoms with Gasteiger partial charge in [0.1, 0.15) is 0 Å². The maximum Gasteiger partial charge on any atom is 0.427 e. The number of carbonyl (C=O) groups excluding carboxylic acids is 1. The van der Waals surface area contributed by atoms with E-state index in [-0.39, 0.29) is 11.3 Å². The number of thioether (sulfide) groups is 1. The van der Waals surface area contributed by atoms with Crippen molar-refractivity contribution >= 4 is 77.7 Å². The van der Waals surface area contributed by atoms with E-state index >= 15 is 0 Å². The first kappa shape index (κ1) is 47.2. The largest absolute Gasteiger partial charge is 0.427 e. The number of benzene rings is 4. The molecule has 0 saturated carbocycles. The molecule has 7 rings (SSSR count). The molecule has 2 saturated heterocycles. The Bertz CT molecular complexity index is 2450. The summed E-state index contributed by atoms with van der Waals surface area (Å²) in [6, 6.07) is 26.5. The number of piperazine rings is 1. The van der Waals surface area contributed by atoms with Crippen molar-refractivity contribution in [2.75, 3.05) is 81.5 Å². The van der Waals surface area contributed by atoms with Gasteiger partial charge in [0.25, 0.3) is 25.8 Å². The number of carbonyl (C=O) groups is 1. The molecule has 18 heteroatoms. The van der Waals surface area contributed by atoms with Crippen LogP contribution in [0.15, 0.2) is 117 Å². The number of allylic oxidation sites excluding steroid dienone is 1. The first-order valence-corrected chi connectivity index (χ1v) is 25.7. The summed E-state index contributed by atoms with van der Waals surface area (Å²) >= 11 is 12.8. The van der Waals surface area contributed by atoms with Gasteiger partial charge in [-0.2, -0.15) is 8.78 Å². The second kappa shape index (κ2) is 21.0. The zero-order valence-electron chi connectivity index (χ0n) is 34.7. The molecule has 3 aliphatic rings. The molecule has 0 spiro atoms. The number of ether oxygens (including phenoxy) is 1. The highest BCUT2D eigenvalue weighted by molar-refractivity contribution is 7.99. The van der Waals surface area contributed by atoms with Crippen molar-refractivity contribution in [1.82, 2.24) is 14.5 Å². The van der Waals surface area contributed by atoms with Crippen molar-refractivity contribution in [3.8, 4) is 0 Å². The molecule has 0 bridgehead atoms. The van der Waals surface area contributed by atoms with Crippen LogP contribution in [0.3, 0.4) is 0 Å². The lowest BCUT2D eigenvalue weighted by Gasteiger charge is -2.37. The van der Waals surface area contributed by atoms with Crippen LogP contribution in [0.5, 0.6) is 0 Å². The minimum Gasteiger partial charge on any atom is -0.380 e. The van der Waals surface area contributed by atoms with Gasteiger partial charge in [-0.1, -0.05) is 47.5 Å². The van der Waals surface area contributed by atoms with E-state index in [4.69, 9.17) is 27.9 Å². The summed E-state index contributed by atoms with van der Waals surface area (Å²) in [6.07, 6.45) is 5.00. The Morgan fingerprint density at radius 3 is 2.19 bits per heavy atom. The van der Waals surface area contributed by atoms with Gasteiger partial charge < -0.3 is 15.0 Å². The number of amides is 1. The predicted octanol–water partition coefficient (Wildman–Crippen LogP) is 8.47. The van der Waals surface area contributed by atoms with Crippen LogP contribution in [-0.4, -0.2) is 115 Å². The maximum atomic E-state index is 14.6. The van der Waals surface area contributed by atoms with Crippen LogP contribution in [0, 0.1) is 0 Å². The molecule has 63 heavy (non-hydrogen) atoms. The first-order valence-electron chi connectivity index (χ1n) is 21.0. The Balaban J connectivity index is 1.01. The quantitative estimate of drug-likeness (QED) is 0.0782. The molecule has 4 aromatic carbocycles. The molecule has 0 unspecified atom stereocenters. The summed E-state index contributed by atoms with van der Waals surface area (Å²) in [5, 5.41) is 3.82. The fourth-order valence-corrected chi connectivity index (χ4v) is 11.5. The number of anilines is 2. The zero-order chi connectivity index (χ0) is 44.6. The third-order valence-electron chi connectivity index (χ3n) is 11.6.